The average Bonchev–Trinajstić information content (AvgIpc) is 2.20. The quantitative estimate of drug-likeness (QED) is 0.650. The van der Waals surface area contributed by atoms with Crippen molar-refractivity contribution < 1.29 is 64.3 Å². The summed E-state index contributed by atoms with van der Waals surface area (Å²) in [7, 11) is 0. The van der Waals surface area contributed by atoms with E-state index in [1.54, 1.807) is 0 Å². The van der Waals surface area contributed by atoms with Crippen LogP contribution in [0.5, 0.6) is 0 Å². The molecule has 1 saturated carbocycles. The SMILES string of the molecule is F[B-](F)(F)C=C1CCCCCCCCCCC1.[K+]. The molecule has 1 aliphatic carbocycles. The first-order valence-corrected chi connectivity index (χ1v) is 6.98. The molecule has 0 saturated heterocycles. The third-order valence-electron chi connectivity index (χ3n) is 3.42. The van der Waals surface area contributed by atoms with Gasteiger partial charge in [0.15, 0.2) is 0 Å². The van der Waals surface area contributed by atoms with Gasteiger partial charge in [-0.1, -0.05) is 44.9 Å². The Morgan fingerprint density at radius 1 is 0.667 bits per heavy atom. The van der Waals surface area contributed by atoms with Gasteiger partial charge in [-0.2, -0.15) is 0 Å². The second-order valence-corrected chi connectivity index (χ2v) is 5.13. The summed E-state index contributed by atoms with van der Waals surface area (Å²) in [6.07, 6.45) is 11.5. The van der Waals surface area contributed by atoms with E-state index in [0.717, 1.165) is 25.7 Å². The first-order valence-electron chi connectivity index (χ1n) is 6.98. The molecule has 1 rings (SSSR count). The van der Waals surface area contributed by atoms with Crippen LogP contribution in [0.1, 0.15) is 70.6 Å². The van der Waals surface area contributed by atoms with Crippen molar-refractivity contribution in [2.24, 2.45) is 0 Å². The zero-order valence-corrected chi connectivity index (χ0v) is 14.7. The summed E-state index contributed by atoms with van der Waals surface area (Å²) in [5, 5.41) is 0. The zero-order chi connectivity index (χ0) is 12.6. The van der Waals surface area contributed by atoms with Crippen LogP contribution in [-0.4, -0.2) is 6.98 Å². The van der Waals surface area contributed by atoms with E-state index < -0.39 is 6.98 Å². The first-order chi connectivity index (χ1) is 8.08. The molecule has 1 fully saturated rings. The predicted molar refractivity (Wildman–Crippen MR) is 67.9 cm³/mol. The number of rotatable bonds is 1. The second-order valence-electron chi connectivity index (χ2n) is 5.13. The summed E-state index contributed by atoms with van der Waals surface area (Å²) in [6, 6.07) is 0. The molecule has 0 aromatic rings. The van der Waals surface area contributed by atoms with Gasteiger partial charge in [-0.25, -0.2) is 0 Å². The Kier molecular flexibility index (Phi) is 11.7. The van der Waals surface area contributed by atoms with Crippen molar-refractivity contribution in [2.75, 3.05) is 0 Å². The standard InChI is InChI=1S/C13H23BF3.K/c15-14(16,17)12-13-10-8-6-4-2-1-3-5-7-9-11-13;/h12H,1-11H2;/q-1;+1. The largest absolute Gasteiger partial charge is 1.00 e. The first kappa shape index (κ1) is 19.2. The molecular formula is C13H23BF3K. The van der Waals surface area contributed by atoms with E-state index in [-0.39, 0.29) is 51.4 Å². The maximum absolute atomic E-state index is 12.4. The summed E-state index contributed by atoms with van der Waals surface area (Å²) < 4.78 is 37.2. The minimum absolute atomic E-state index is 0. The fraction of sp³-hybridized carbons (Fsp3) is 0.846. The summed E-state index contributed by atoms with van der Waals surface area (Å²) >= 11 is 0. The Balaban J connectivity index is 0.00000289. The van der Waals surface area contributed by atoms with E-state index in [1.165, 1.54) is 32.1 Å². The van der Waals surface area contributed by atoms with Gasteiger partial charge in [0.25, 0.3) is 0 Å². The van der Waals surface area contributed by atoms with Crippen LogP contribution in [0, 0.1) is 0 Å². The molecule has 0 aromatic heterocycles. The Morgan fingerprint density at radius 3 is 1.33 bits per heavy atom. The van der Waals surface area contributed by atoms with Gasteiger partial charge in [-0.05, 0) is 25.7 Å². The molecule has 0 nitrogen and oxygen atoms in total. The monoisotopic (exact) mass is 286 g/mol. The van der Waals surface area contributed by atoms with E-state index >= 15 is 0 Å². The van der Waals surface area contributed by atoms with Gasteiger partial charge in [0, 0.05) is 0 Å². The molecule has 0 N–H and O–H groups in total. The van der Waals surface area contributed by atoms with Crippen LogP contribution in [0.25, 0.3) is 0 Å². The molecule has 0 unspecified atom stereocenters. The number of hydrogen-bond acceptors (Lipinski definition) is 0. The molecular weight excluding hydrogens is 263 g/mol. The molecule has 100 valence electrons. The summed E-state index contributed by atoms with van der Waals surface area (Å²) in [5.74, 6) is 0.603. The topological polar surface area (TPSA) is 0 Å². The fourth-order valence-corrected chi connectivity index (χ4v) is 2.50. The van der Waals surface area contributed by atoms with Crippen LogP contribution in [0.2, 0.25) is 0 Å². The molecule has 0 radical (unpaired) electrons. The van der Waals surface area contributed by atoms with Gasteiger partial charge < -0.3 is 12.9 Å². The van der Waals surface area contributed by atoms with E-state index in [0.29, 0.717) is 24.4 Å². The van der Waals surface area contributed by atoms with Crippen LogP contribution in [0.15, 0.2) is 11.5 Å². The van der Waals surface area contributed by atoms with Gasteiger partial charge in [0.1, 0.15) is 0 Å². The third-order valence-corrected chi connectivity index (χ3v) is 3.42. The van der Waals surface area contributed by atoms with Crippen LogP contribution >= 0.6 is 0 Å². The molecule has 0 amide bonds. The van der Waals surface area contributed by atoms with Crippen molar-refractivity contribution in [3.05, 3.63) is 11.5 Å². The Labute approximate surface area is 152 Å². The molecule has 18 heavy (non-hydrogen) atoms. The summed E-state index contributed by atoms with van der Waals surface area (Å²) in [6.45, 7) is -4.75. The van der Waals surface area contributed by atoms with Gasteiger partial charge in [0.05, 0.1) is 0 Å². The average molecular weight is 286 g/mol. The molecule has 0 atom stereocenters. The summed E-state index contributed by atoms with van der Waals surface area (Å²) in [5.41, 5.74) is 0.637. The Bertz CT molecular complexity index is 225. The predicted octanol–water partition coefficient (Wildman–Crippen LogP) is 2.61. The minimum Gasteiger partial charge on any atom is -0.445 e. The molecule has 5 heteroatoms. The van der Waals surface area contributed by atoms with Crippen molar-refractivity contribution in [1.82, 2.24) is 0 Å². The van der Waals surface area contributed by atoms with Crippen LogP contribution < -0.4 is 51.4 Å². The van der Waals surface area contributed by atoms with E-state index in [2.05, 4.69) is 0 Å². The normalized spacial score (nSPS) is 20.3. The number of hydrogen-bond donors (Lipinski definition) is 0. The van der Waals surface area contributed by atoms with Crippen molar-refractivity contribution in [3.8, 4) is 0 Å². The van der Waals surface area contributed by atoms with Crippen LogP contribution in [0.3, 0.4) is 0 Å². The number of allylic oxidation sites excluding steroid dienone is 1. The molecule has 0 bridgehead atoms. The molecule has 0 spiro atoms. The van der Waals surface area contributed by atoms with Crippen LogP contribution in [-0.2, 0) is 0 Å². The van der Waals surface area contributed by atoms with E-state index in [9.17, 15) is 12.9 Å². The third kappa shape index (κ3) is 11.1. The zero-order valence-electron chi connectivity index (χ0n) is 11.6. The van der Waals surface area contributed by atoms with Crippen molar-refractivity contribution in [3.63, 3.8) is 0 Å². The Hall–Kier alpha value is 1.23. The van der Waals surface area contributed by atoms with Gasteiger partial charge in [0.2, 0.25) is 0 Å². The van der Waals surface area contributed by atoms with Crippen molar-refractivity contribution >= 4 is 6.98 Å². The van der Waals surface area contributed by atoms with E-state index in [1.807, 2.05) is 0 Å². The molecule has 0 aromatic carbocycles. The maximum atomic E-state index is 12.4. The molecule has 1 aliphatic rings. The smallest absolute Gasteiger partial charge is 0.445 e. The van der Waals surface area contributed by atoms with E-state index in [4.69, 9.17) is 0 Å². The van der Waals surface area contributed by atoms with Gasteiger partial charge >= 0.3 is 58.4 Å². The minimum atomic E-state index is -4.75. The fourth-order valence-electron chi connectivity index (χ4n) is 2.50. The van der Waals surface area contributed by atoms with Crippen molar-refractivity contribution in [2.45, 2.75) is 70.6 Å². The van der Waals surface area contributed by atoms with Gasteiger partial charge in [-0.15, -0.1) is 11.5 Å². The maximum Gasteiger partial charge on any atom is 1.00 e. The summed E-state index contributed by atoms with van der Waals surface area (Å²) in [4.78, 5) is 0. The van der Waals surface area contributed by atoms with Crippen molar-refractivity contribution in [1.29, 1.82) is 0 Å². The van der Waals surface area contributed by atoms with Gasteiger partial charge in [-0.3, -0.25) is 0 Å². The molecule has 0 heterocycles. The number of halogens is 3. The Morgan fingerprint density at radius 2 is 1.00 bits per heavy atom. The molecule has 0 aliphatic heterocycles. The van der Waals surface area contributed by atoms with Crippen LogP contribution in [0.4, 0.5) is 12.9 Å². The second kappa shape index (κ2) is 11.0.